The average molecular weight is 170 g/mol. The average Bonchev–Trinajstić information content (AvgIpc) is 1.88. The van der Waals surface area contributed by atoms with Crippen LogP contribution >= 0.6 is 11.8 Å². The maximum Gasteiger partial charge on any atom is 0.301 e. The fraction of sp³-hybridized carbons (Fsp3) is 0.667. The lowest BCUT2D eigenvalue weighted by Crippen LogP contribution is -1.82. The van der Waals surface area contributed by atoms with Gasteiger partial charge in [0, 0.05) is 6.42 Å². The molecule has 60 valence electrons. The van der Waals surface area contributed by atoms with E-state index in [9.17, 15) is 13.2 Å². The molecule has 4 heteroatoms. The second-order valence-electron chi connectivity index (χ2n) is 1.61. The van der Waals surface area contributed by atoms with Crippen LogP contribution in [0.15, 0.2) is 11.9 Å². The minimum Gasteiger partial charge on any atom is -0.206 e. The van der Waals surface area contributed by atoms with E-state index in [1.54, 1.807) is 0 Å². The van der Waals surface area contributed by atoms with Crippen molar-refractivity contribution in [3.8, 4) is 0 Å². The standard InChI is InChI=1S/C6H9F3S/c1-2-10-4-3-5(7)6(8)9/h2-4H2,1H3. The van der Waals surface area contributed by atoms with Crippen LogP contribution in [-0.4, -0.2) is 11.5 Å². The minimum absolute atomic E-state index is 0.152. The third-order valence-corrected chi connectivity index (χ3v) is 1.78. The molecule has 0 amide bonds. The van der Waals surface area contributed by atoms with Crippen molar-refractivity contribution in [2.75, 3.05) is 11.5 Å². The highest BCUT2D eigenvalue weighted by Gasteiger charge is 2.02. The van der Waals surface area contributed by atoms with Crippen LogP contribution in [0.3, 0.4) is 0 Å². The van der Waals surface area contributed by atoms with E-state index in [0.717, 1.165) is 5.75 Å². The molecule has 0 aliphatic rings. The van der Waals surface area contributed by atoms with Crippen LogP contribution in [0.25, 0.3) is 0 Å². The second-order valence-corrected chi connectivity index (χ2v) is 3.01. The summed E-state index contributed by atoms with van der Waals surface area (Å²) in [6.07, 6.45) is -2.34. The van der Waals surface area contributed by atoms with Crippen molar-refractivity contribution in [1.82, 2.24) is 0 Å². The van der Waals surface area contributed by atoms with Gasteiger partial charge in [0.2, 0.25) is 0 Å². The predicted molar refractivity (Wildman–Crippen MR) is 38.0 cm³/mol. The van der Waals surface area contributed by atoms with Crippen molar-refractivity contribution in [3.05, 3.63) is 11.9 Å². The summed E-state index contributed by atoms with van der Waals surface area (Å²) in [5.74, 6) is -0.0122. The van der Waals surface area contributed by atoms with Crippen LogP contribution in [0.5, 0.6) is 0 Å². The van der Waals surface area contributed by atoms with Gasteiger partial charge in [0.05, 0.1) is 0 Å². The molecular formula is C6H9F3S. The summed E-state index contributed by atoms with van der Waals surface area (Å²) in [5, 5.41) is 0. The molecule has 0 saturated carbocycles. The van der Waals surface area contributed by atoms with Gasteiger partial charge >= 0.3 is 6.08 Å². The SMILES string of the molecule is CCSCCC(F)=C(F)F. The van der Waals surface area contributed by atoms with E-state index in [2.05, 4.69) is 0 Å². The predicted octanol–water partition coefficient (Wildman–Crippen LogP) is 3.21. The highest BCUT2D eigenvalue weighted by molar-refractivity contribution is 7.99. The van der Waals surface area contributed by atoms with Gasteiger partial charge in [-0.15, -0.1) is 0 Å². The van der Waals surface area contributed by atoms with E-state index in [0.29, 0.717) is 5.75 Å². The number of rotatable bonds is 4. The maximum absolute atomic E-state index is 12.0. The third kappa shape index (κ3) is 4.73. The monoisotopic (exact) mass is 170 g/mol. The first-order chi connectivity index (χ1) is 4.68. The lowest BCUT2D eigenvalue weighted by molar-refractivity contribution is 0.373. The fourth-order valence-corrected chi connectivity index (χ4v) is 1.01. The molecule has 0 heterocycles. The largest absolute Gasteiger partial charge is 0.301 e. The Kier molecular flexibility index (Phi) is 5.58. The molecule has 0 fully saturated rings. The van der Waals surface area contributed by atoms with Crippen LogP contribution in [0, 0.1) is 0 Å². The first-order valence-electron chi connectivity index (χ1n) is 2.95. The van der Waals surface area contributed by atoms with Crippen LogP contribution in [-0.2, 0) is 0 Å². The van der Waals surface area contributed by atoms with Gasteiger partial charge in [-0.25, -0.2) is 4.39 Å². The zero-order valence-corrected chi connectivity index (χ0v) is 6.48. The van der Waals surface area contributed by atoms with E-state index in [1.807, 2.05) is 6.92 Å². The Morgan fingerprint density at radius 3 is 2.30 bits per heavy atom. The number of thioether (sulfide) groups is 1. The van der Waals surface area contributed by atoms with Crippen molar-refractivity contribution >= 4 is 11.8 Å². The Labute approximate surface area is 62.5 Å². The summed E-state index contributed by atoms with van der Waals surface area (Å²) in [4.78, 5) is 0. The summed E-state index contributed by atoms with van der Waals surface area (Å²) in [6, 6.07) is 0. The van der Waals surface area contributed by atoms with Gasteiger partial charge in [0.1, 0.15) is 0 Å². The molecule has 10 heavy (non-hydrogen) atoms. The normalized spacial score (nSPS) is 9.60. The maximum atomic E-state index is 12.0. The Morgan fingerprint density at radius 1 is 1.30 bits per heavy atom. The number of hydrogen-bond donors (Lipinski definition) is 0. The van der Waals surface area contributed by atoms with Gasteiger partial charge < -0.3 is 0 Å². The van der Waals surface area contributed by atoms with E-state index in [4.69, 9.17) is 0 Å². The van der Waals surface area contributed by atoms with Crippen LogP contribution < -0.4 is 0 Å². The third-order valence-electron chi connectivity index (χ3n) is 0.875. The van der Waals surface area contributed by atoms with Crippen molar-refractivity contribution in [3.63, 3.8) is 0 Å². The van der Waals surface area contributed by atoms with E-state index >= 15 is 0 Å². The van der Waals surface area contributed by atoms with Gasteiger partial charge in [-0.1, -0.05) is 6.92 Å². The minimum atomic E-state index is -2.18. The molecule has 0 N–H and O–H groups in total. The lowest BCUT2D eigenvalue weighted by Gasteiger charge is -1.93. The molecule has 0 aromatic rings. The number of hydrogen-bond acceptors (Lipinski definition) is 1. The molecule has 0 rings (SSSR count). The van der Waals surface area contributed by atoms with Crippen molar-refractivity contribution in [2.24, 2.45) is 0 Å². The van der Waals surface area contributed by atoms with E-state index in [-0.39, 0.29) is 6.42 Å². The van der Waals surface area contributed by atoms with Crippen LogP contribution in [0.4, 0.5) is 13.2 Å². The van der Waals surface area contributed by atoms with E-state index in [1.165, 1.54) is 11.8 Å². The first-order valence-corrected chi connectivity index (χ1v) is 4.11. The zero-order chi connectivity index (χ0) is 7.98. The Bertz CT molecular complexity index is 118. The smallest absolute Gasteiger partial charge is 0.206 e. The van der Waals surface area contributed by atoms with Crippen LogP contribution in [0.2, 0.25) is 0 Å². The number of halogens is 3. The van der Waals surface area contributed by atoms with E-state index < -0.39 is 11.9 Å². The summed E-state index contributed by atoms with van der Waals surface area (Å²) in [5.41, 5.74) is 0. The zero-order valence-electron chi connectivity index (χ0n) is 5.66. The quantitative estimate of drug-likeness (QED) is 0.584. The molecule has 0 bridgehead atoms. The Hall–Kier alpha value is -0.120. The van der Waals surface area contributed by atoms with Gasteiger partial charge in [-0.2, -0.15) is 20.5 Å². The molecule has 0 radical (unpaired) electrons. The summed E-state index contributed by atoms with van der Waals surface area (Å²) >= 11 is 1.45. The molecule has 0 aromatic carbocycles. The van der Waals surface area contributed by atoms with Gasteiger partial charge in [-0.05, 0) is 11.5 Å². The van der Waals surface area contributed by atoms with Gasteiger partial charge in [-0.3, -0.25) is 0 Å². The molecule has 0 saturated heterocycles. The second kappa shape index (κ2) is 5.65. The van der Waals surface area contributed by atoms with Crippen molar-refractivity contribution in [2.45, 2.75) is 13.3 Å². The molecule has 0 spiro atoms. The Morgan fingerprint density at radius 2 is 1.90 bits per heavy atom. The topological polar surface area (TPSA) is 0 Å². The molecule has 0 atom stereocenters. The van der Waals surface area contributed by atoms with Crippen molar-refractivity contribution in [1.29, 1.82) is 0 Å². The highest BCUT2D eigenvalue weighted by atomic mass is 32.2. The molecule has 0 aliphatic heterocycles. The summed E-state index contributed by atoms with van der Waals surface area (Å²) in [6.45, 7) is 1.90. The number of allylic oxidation sites excluding steroid dienone is 1. The summed E-state index contributed by atoms with van der Waals surface area (Å²) in [7, 11) is 0. The van der Waals surface area contributed by atoms with Crippen LogP contribution in [0.1, 0.15) is 13.3 Å². The molecular weight excluding hydrogens is 161 g/mol. The van der Waals surface area contributed by atoms with Crippen molar-refractivity contribution < 1.29 is 13.2 Å². The molecule has 0 nitrogen and oxygen atoms in total. The van der Waals surface area contributed by atoms with Gasteiger partial charge in [0.15, 0.2) is 5.83 Å². The lowest BCUT2D eigenvalue weighted by atomic mass is 10.4. The summed E-state index contributed by atoms with van der Waals surface area (Å²) < 4.78 is 34.7. The highest BCUT2D eigenvalue weighted by Crippen LogP contribution is 2.15. The first kappa shape index (κ1) is 9.88. The molecule has 0 unspecified atom stereocenters. The Balaban J connectivity index is 3.40. The molecule has 0 aromatic heterocycles. The molecule has 0 aliphatic carbocycles. The fourth-order valence-electron chi connectivity index (χ4n) is 0.401. The van der Waals surface area contributed by atoms with Gasteiger partial charge in [0.25, 0.3) is 0 Å².